The molecule has 104 valence electrons. The summed E-state index contributed by atoms with van der Waals surface area (Å²) in [5.41, 5.74) is 2.36. The first-order valence-electron chi connectivity index (χ1n) is 6.59. The van der Waals surface area contributed by atoms with Gasteiger partial charge in [0.15, 0.2) is 0 Å². The van der Waals surface area contributed by atoms with E-state index < -0.39 is 0 Å². The van der Waals surface area contributed by atoms with Crippen molar-refractivity contribution >= 4 is 27.5 Å². The Morgan fingerprint density at radius 1 is 1.47 bits per heavy atom. The Morgan fingerprint density at radius 2 is 2.26 bits per heavy atom. The highest BCUT2D eigenvalue weighted by molar-refractivity contribution is 9.10. The average Bonchev–Trinajstić information content (AvgIpc) is 2.37. The van der Waals surface area contributed by atoms with E-state index in [-0.39, 0.29) is 5.91 Å². The van der Waals surface area contributed by atoms with Crippen LogP contribution in [0.3, 0.4) is 0 Å². The van der Waals surface area contributed by atoms with Crippen LogP contribution in [0.1, 0.15) is 19.4 Å². The molecule has 2 N–H and O–H groups in total. The van der Waals surface area contributed by atoms with Gasteiger partial charge in [-0.3, -0.25) is 4.79 Å². The Hall–Kier alpha value is -1.07. The summed E-state index contributed by atoms with van der Waals surface area (Å²) in [7, 11) is 0. The van der Waals surface area contributed by atoms with Crippen LogP contribution in [0.4, 0.5) is 5.69 Å². The fraction of sp³-hybridized carbons (Fsp3) is 0.500. The minimum absolute atomic E-state index is 0.0917. The third-order valence-electron chi connectivity index (χ3n) is 3.13. The van der Waals surface area contributed by atoms with E-state index >= 15 is 0 Å². The van der Waals surface area contributed by atoms with Gasteiger partial charge in [0.25, 0.3) is 0 Å². The van der Waals surface area contributed by atoms with Crippen molar-refractivity contribution in [2.24, 2.45) is 0 Å². The Kier molecular flexibility index (Phi) is 4.82. The average molecular weight is 326 g/mol. The number of benzene rings is 1. The van der Waals surface area contributed by atoms with Gasteiger partial charge in [-0.1, -0.05) is 35.8 Å². The molecular formula is C14H20BrN3O. The SMILES string of the molecule is CC(C)NCc1ccc(Br)cc1N1CCNC(=O)C1. The second-order valence-corrected chi connectivity index (χ2v) is 6.00. The third-order valence-corrected chi connectivity index (χ3v) is 3.62. The first-order valence-corrected chi connectivity index (χ1v) is 7.39. The van der Waals surface area contributed by atoms with Crippen molar-refractivity contribution < 1.29 is 4.79 Å². The molecule has 2 rings (SSSR count). The lowest BCUT2D eigenvalue weighted by molar-refractivity contribution is -0.120. The van der Waals surface area contributed by atoms with Crippen LogP contribution in [0.15, 0.2) is 22.7 Å². The molecular weight excluding hydrogens is 306 g/mol. The van der Waals surface area contributed by atoms with Gasteiger partial charge < -0.3 is 15.5 Å². The molecule has 19 heavy (non-hydrogen) atoms. The maximum Gasteiger partial charge on any atom is 0.239 e. The molecule has 0 aliphatic carbocycles. The zero-order valence-electron chi connectivity index (χ0n) is 11.4. The molecule has 1 amide bonds. The maximum absolute atomic E-state index is 11.5. The maximum atomic E-state index is 11.5. The van der Waals surface area contributed by atoms with Crippen molar-refractivity contribution in [2.75, 3.05) is 24.5 Å². The summed E-state index contributed by atoms with van der Waals surface area (Å²) in [5.74, 6) is 0.0917. The lowest BCUT2D eigenvalue weighted by atomic mass is 10.1. The van der Waals surface area contributed by atoms with Gasteiger partial charge >= 0.3 is 0 Å². The molecule has 0 unspecified atom stereocenters. The molecule has 1 heterocycles. The second-order valence-electron chi connectivity index (χ2n) is 5.08. The molecule has 1 saturated heterocycles. The van der Waals surface area contributed by atoms with Gasteiger partial charge in [0.05, 0.1) is 6.54 Å². The number of rotatable bonds is 4. The van der Waals surface area contributed by atoms with Crippen LogP contribution in [0.2, 0.25) is 0 Å². The second kappa shape index (κ2) is 6.39. The lowest BCUT2D eigenvalue weighted by Gasteiger charge is -2.30. The molecule has 1 aromatic rings. The number of hydrogen-bond donors (Lipinski definition) is 2. The first kappa shape index (κ1) is 14.3. The van der Waals surface area contributed by atoms with Crippen molar-refractivity contribution in [3.05, 3.63) is 28.2 Å². The summed E-state index contributed by atoms with van der Waals surface area (Å²) < 4.78 is 1.04. The molecule has 1 aliphatic heterocycles. The third kappa shape index (κ3) is 3.94. The van der Waals surface area contributed by atoms with E-state index in [4.69, 9.17) is 0 Å². The molecule has 1 aliphatic rings. The van der Waals surface area contributed by atoms with E-state index in [1.807, 2.05) is 6.07 Å². The number of anilines is 1. The summed E-state index contributed by atoms with van der Waals surface area (Å²) in [6.45, 7) is 7.09. The van der Waals surface area contributed by atoms with Crippen LogP contribution >= 0.6 is 15.9 Å². The van der Waals surface area contributed by atoms with Gasteiger partial charge in [0.1, 0.15) is 0 Å². The van der Waals surface area contributed by atoms with Crippen LogP contribution in [0, 0.1) is 0 Å². The molecule has 1 fully saturated rings. The van der Waals surface area contributed by atoms with E-state index in [0.717, 1.165) is 23.2 Å². The minimum atomic E-state index is 0.0917. The van der Waals surface area contributed by atoms with Crippen LogP contribution in [0.25, 0.3) is 0 Å². The molecule has 0 atom stereocenters. The number of amides is 1. The van der Waals surface area contributed by atoms with Crippen LogP contribution in [0.5, 0.6) is 0 Å². The lowest BCUT2D eigenvalue weighted by Crippen LogP contribution is -2.48. The number of nitrogens with zero attached hydrogens (tertiary/aromatic N) is 1. The fourth-order valence-electron chi connectivity index (χ4n) is 2.14. The predicted molar refractivity (Wildman–Crippen MR) is 81.3 cm³/mol. The van der Waals surface area contributed by atoms with Gasteiger partial charge in [-0.2, -0.15) is 0 Å². The van der Waals surface area contributed by atoms with Crippen LogP contribution in [-0.4, -0.2) is 31.6 Å². The van der Waals surface area contributed by atoms with Gasteiger partial charge in [-0.15, -0.1) is 0 Å². The molecule has 4 nitrogen and oxygen atoms in total. The fourth-order valence-corrected chi connectivity index (χ4v) is 2.49. The standard InChI is InChI=1S/C14H20BrN3O/c1-10(2)17-8-11-3-4-12(15)7-13(11)18-6-5-16-14(19)9-18/h3-4,7,10,17H,5-6,8-9H2,1-2H3,(H,16,19). The Morgan fingerprint density at radius 3 is 2.95 bits per heavy atom. The molecule has 0 spiro atoms. The van der Waals surface area contributed by atoms with E-state index in [1.54, 1.807) is 0 Å². The van der Waals surface area contributed by atoms with Crippen molar-refractivity contribution in [2.45, 2.75) is 26.4 Å². The van der Waals surface area contributed by atoms with Crippen LogP contribution in [-0.2, 0) is 11.3 Å². The van der Waals surface area contributed by atoms with Crippen LogP contribution < -0.4 is 15.5 Å². The highest BCUT2D eigenvalue weighted by atomic mass is 79.9. The Labute approximate surface area is 122 Å². The summed E-state index contributed by atoms with van der Waals surface area (Å²) in [6.07, 6.45) is 0. The Bertz CT molecular complexity index is 462. The number of piperazine rings is 1. The molecule has 0 saturated carbocycles. The summed E-state index contributed by atoms with van der Waals surface area (Å²) in [4.78, 5) is 13.7. The Balaban J connectivity index is 2.20. The van der Waals surface area contributed by atoms with E-state index in [9.17, 15) is 4.79 Å². The van der Waals surface area contributed by atoms with Gasteiger partial charge in [-0.05, 0) is 17.7 Å². The zero-order chi connectivity index (χ0) is 13.8. The normalized spacial score (nSPS) is 15.8. The molecule has 0 radical (unpaired) electrons. The van der Waals surface area contributed by atoms with E-state index in [0.29, 0.717) is 19.1 Å². The summed E-state index contributed by atoms with van der Waals surface area (Å²) >= 11 is 3.51. The summed E-state index contributed by atoms with van der Waals surface area (Å²) in [6, 6.07) is 6.70. The largest absolute Gasteiger partial charge is 0.360 e. The van der Waals surface area contributed by atoms with Crippen molar-refractivity contribution in [3.63, 3.8) is 0 Å². The van der Waals surface area contributed by atoms with Crippen molar-refractivity contribution in [3.8, 4) is 0 Å². The topological polar surface area (TPSA) is 44.4 Å². The number of halogens is 1. The van der Waals surface area contributed by atoms with Crippen molar-refractivity contribution in [1.29, 1.82) is 0 Å². The van der Waals surface area contributed by atoms with Gasteiger partial charge in [-0.25, -0.2) is 0 Å². The number of carbonyl (C=O) groups is 1. The summed E-state index contributed by atoms with van der Waals surface area (Å²) in [5, 5.41) is 6.29. The number of carbonyl (C=O) groups excluding carboxylic acids is 1. The van der Waals surface area contributed by atoms with Crippen molar-refractivity contribution in [1.82, 2.24) is 10.6 Å². The molecule has 0 aromatic heterocycles. The number of nitrogens with one attached hydrogen (secondary N) is 2. The highest BCUT2D eigenvalue weighted by Gasteiger charge is 2.19. The minimum Gasteiger partial charge on any atom is -0.360 e. The quantitative estimate of drug-likeness (QED) is 0.888. The number of hydrogen-bond acceptors (Lipinski definition) is 3. The molecule has 0 bridgehead atoms. The monoisotopic (exact) mass is 325 g/mol. The van der Waals surface area contributed by atoms with Gasteiger partial charge in [0, 0.05) is 35.8 Å². The van der Waals surface area contributed by atoms with Gasteiger partial charge in [0.2, 0.25) is 5.91 Å². The van der Waals surface area contributed by atoms with E-state index in [1.165, 1.54) is 5.56 Å². The highest BCUT2D eigenvalue weighted by Crippen LogP contribution is 2.25. The molecule has 1 aromatic carbocycles. The predicted octanol–water partition coefficient (Wildman–Crippen LogP) is 1.88. The molecule has 5 heteroatoms. The van der Waals surface area contributed by atoms with E-state index in [2.05, 4.69) is 57.4 Å². The zero-order valence-corrected chi connectivity index (χ0v) is 13.0. The first-order chi connectivity index (χ1) is 9.06. The smallest absolute Gasteiger partial charge is 0.239 e.